The van der Waals surface area contributed by atoms with E-state index >= 15 is 0 Å². The molecule has 4 heteroatoms. The Morgan fingerprint density at radius 3 is 2.68 bits per heavy atom. The molecule has 0 aromatic rings. The average Bonchev–Trinajstić information content (AvgIpc) is 3.34. The first-order valence-corrected chi connectivity index (χ1v) is 7.70. The fourth-order valence-corrected chi connectivity index (χ4v) is 1.93. The molecule has 0 aliphatic heterocycles. The Balaban J connectivity index is 3.14. The summed E-state index contributed by atoms with van der Waals surface area (Å²) >= 11 is 0. The number of methoxy groups -OCH3 is 1. The highest BCUT2D eigenvalue weighted by Gasteiger charge is 2.30. The number of aliphatic imine (C=N–C) groups is 2. The highest BCUT2D eigenvalue weighted by Crippen LogP contribution is 2.29. The first-order valence-electron chi connectivity index (χ1n) is 7.70. The van der Waals surface area contributed by atoms with Crippen LogP contribution in [0.5, 0.6) is 0 Å². The summed E-state index contributed by atoms with van der Waals surface area (Å²) in [5.74, 6) is 0.894. The van der Waals surface area contributed by atoms with Crippen molar-refractivity contribution in [3.8, 4) is 0 Å². The largest absolute Gasteiger partial charge is 0.381 e. The van der Waals surface area contributed by atoms with E-state index < -0.39 is 0 Å². The van der Waals surface area contributed by atoms with Crippen LogP contribution in [0.4, 0.5) is 0 Å². The zero-order chi connectivity index (χ0) is 16.2. The number of hydrogen-bond donors (Lipinski definition) is 0. The van der Waals surface area contributed by atoms with Gasteiger partial charge in [-0.25, -0.2) is 4.99 Å². The van der Waals surface area contributed by atoms with Crippen molar-refractivity contribution >= 4 is 12.1 Å². The minimum absolute atomic E-state index is 0.500. The molecule has 1 aliphatic rings. The van der Waals surface area contributed by atoms with Gasteiger partial charge in [0.2, 0.25) is 0 Å². The van der Waals surface area contributed by atoms with Crippen LogP contribution >= 0.6 is 0 Å². The number of amidine groups is 1. The zero-order valence-corrected chi connectivity index (χ0v) is 13.9. The van der Waals surface area contributed by atoms with E-state index in [-0.39, 0.29) is 0 Å². The maximum Gasteiger partial charge on any atom is 0.141 e. The van der Waals surface area contributed by atoms with E-state index in [1.54, 1.807) is 20.2 Å². The molecule has 0 N–H and O–H groups in total. The predicted molar refractivity (Wildman–Crippen MR) is 95.4 cm³/mol. The second-order valence-corrected chi connectivity index (χ2v) is 4.97. The first kappa shape index (κ1) is 18.1. The van der Waals surface area contributed by atoms with E-state index in [0.717, 1.165) is 17.8 Å². The molecule has 0 spiro atoms. The molecule has 1 saturated carbocycles. The van der Waals surface area contributed by atoms with Crippen LogP contribution in [0.15, 0.2) is 58.8 Å². The van der Waals surface area contributed by atoms with E-state index in [0.29, 0.717) is 12.6 Å². The van der Waals surface area contributed by atoms with Gasteiger partial charge in [-0.15, -0.1) is 0 Å². The van der Waals surface area contributed by atoms with Gasteiger partial charge in [-0.05, 0) is 25.3 Å². The Labute approximate surface area is 134 Å². The van der Waals surface area contributed by atoms with Crippen molar-refractivity contribution in [2.75, 3.05) is 20.8 Å². The number of rotatable bonds is 9. The Morgan fingerprint density at radius 2 is 2.14 bits per heavy atom. The van der Waals surface area contributed by atoms with Gasteiger partial charge in [0.1, 0.15) is 5.84 Å². The summed E-state index contributed by atoms with van der Waals surface area (Å²) in [6.07, 6.45) is 16.8. The van der Waals surface area contributed by atoms with E-state index in [1.165, 1.54) is 12.8 Å². The van der Waals surface area contributed by atoms with Crippen molar-refractivity contribution < 1.29 is 4.74 Å². The molecule has 1 aliphatic carbocycles. The van der Waals surface area contributed by atoms with Crippen LogP contribution < -0.4 is 0 Å². The van der Waals surface area contributed by atoms with Gasteiger partial charge in [0, 0.05) is 44.4 Å². The van der Waals surface area contributed by atoms with Crippen LogP contribution in [0.2, 0.25) is 0 Å². The topological polar surface area (TPSA) is 37.2 Å². The lowest BCUT2D eigenvalue weighted by Crippen LogP contribution is -2.30. The van der Waals surface area contributed by atoms with Crippen LogP contribution in [0.25, 0.3) is 0 Å². The molecule has 0 aromatic heterocycles. The third-order valence-corrected chi connectivity index (χ3v) is 3.08. The number of ether oxygens (including phenoxy) is 1. The van der Waals surface area contributed by atoms with Crippen LogP contribution in [0.3, 0.4) is 0 Å². The minimum atomic E-state index is 0.500. The van der Waals surface area contributed by atoms with Gasteiger partial charge in [-0.3, -0.25) is 4.99 Å². The summed E-state index contributed by atoms with van der Waals surface area (Å²) in [6, 6.07) is 0.500. The molecule has 0 saturated heterocycles. The van der Waals surface area contributed by atoms with Gasteiger partial charge in [-0.1, -0.05) is 31.7 Å². The van der Waals surface area contributed by atoms with Gasteiger partial charge in [0.05, 0.1) is 6.61 Å². The standard InChI is InChI=1S/C18H27N3O/c1-5-7-12-20-18(16(9-6-2)15-19-3)21(17-10-11-17)13-8-14-22-4/h6-9,12-13,15,17H,2,5,10-11,14H2,1,3-4H3/b12-7+,13-8+,16-9+,19-15?,20-18-. The van der Waals surface area contributed by atoms with Crippen molar-refractivity contribution in [1.29, 1.82) is 0 Å². The SMILES string of the molecule is C=C/C=C(C=NC)/C(=N/C=C/CC)N(/C=C/COC)C1CC1. The Hall–Kier alpha value is -1.94. The average molecular weight is 301 g/mol. The maximum absolute atomic E-state index is 5.10. The first-order chi connectivity index (χ1) is 10.8. The van der Waals surface area contributed by atoms with E-state index in [2.05, 4.69) is 34.6 Å². The van der Waals surface area contributed by atoms with Gasteiger partial charge in [-0.2, -0.15) is 0 Å². The lowest BCUT2D eigenvalue weighted by Gasteiger charge is -2.22. The smallest absolute Gasteiger partial charge is 0.141 e. The van der Waals surface area contributed by atoms with Crippen LogP contribution in [0.1, 0.15) is 26.2 Å². The highest BCUT2D eigenvalue weighted by molar-refractivity contribution is 6.15. The van der Waals surface area contributed by atoms with Crippen molar-refractivity contribution in [2.24, 2.45) is 9.98 Å². The van der Waals surface area contributed by atoms with Crippen molar-refractivity contribution in [3.63, 3.8) is 0 Å². The third-order valence-electron chi connectivity index (χ3n) is 3.08. The number of hydrogen-bond acceptors (Lipinski definition) is 3. The lowest BCUT2D eigenvalue weighted by atomic mass is 10.2. The summed E-state index contributed by atoms with van der Waals surface area (Å²) in [4.78, 5) is 11.0. The molecule has 0 radical (unpaired) electrons. The molecular formula is C18H27N3O. The van der Waals surface area contributed by atoms with Gasteiger partial charge in [0.15, 0.2) is 0 Å². The minimum Gasteiger partial charge on any atom is -0.381 e. The Morgan fingerprint density at radius 1 is 1.36 bits per heavy atom. The third kappa shape index (κ3) is 6.22. The molecular weight excluding hydrogens is 274 g/mol. The van der Waals surface area contributed by atoms with E-state index in [9.17, 15) is 0 Å². The molecule has 1 fully saturated rings. The second-order valence-electron chi connectivity index (χ2n) is 4.97. The summed E-state index contributed by atoms with van der Waals surface area (Å²) in [5.41, 5.74) is 0.951. The predicted octanol–water partition coefficient (Wildman–Crippen LogP) is 3.75. The van der Waals surface area contributed by atoms with Crippen LogP contribution in [-0.2, 0) is 4.74 Å². The normalized spacial score (nSPS) is 17.0. The van der Waals surface area contributed by atoms with Gasteiger partial charge >= 0.3 is 0 Å². The quantitative estimate of drug-likeness (QED) is 0.369. The lowest BCUT2D eigenvalue weighted by molar-refractivity contribution is 0.233. The summed E-state index contributed by atoms with van der Waals surface area (Å²) in [5, 5.41) is 0. The van der Waals surface area contributed by atoms with E-state index in [4.69, 9.17) is 4.74 Å². The monoisotopic (exact) mass is 301 g/mol. The maximum atomic E-state index is 5.10. The molecule has 22 heavy (non-hydrogen) atoms. The van der Waals surface area contributed by atoms with Crippen LogP contribution in [0, 0.1) is 0 Å². The molecule has 0 bridgehead atoms. The van der Waals surface area contributed by atoms with Crippen molar-refractivity contribution in [1.82, 2.24) is 4.90 Å². The molecule has 0 aromatic carbocycles. The molecule has 120 valence electrons. The fourth-order valence-electron chi connectivity index (χ4n) is 1.93. The molecule has 0 amide bonds. The molecule has 0 atom stereocenters. The van der Waals surface area contributed by atoms with Crippen molar-refractivity contribution in [3.05, 3.63) is 48.9 Å². The Bertz CT molecular complexity index is 483. The highest BCUT2D eigenvalue weighted by atomic mass is 16.5. The van der Waals surface area contributed by atoms with Crippen LogP contribution in [-0.4, -0.2) is 43.8 Å². The van der Waals surface area contributed by atoms with Gasteiger partial charge < -0.3 is 9.64 Å². The van der Waals surface area contributed by atoms with Crippen molar-refractivity contribution in [2.45, 2.75) is 32.2 Å². The molecule has 0 unspecified atom stereocenters. The number of allylic oxidation sites excluding steroid dienone is 3. The van der Waals surface area contributed by atoms with E-state index in [1.807, 2.05) is 30.6 Å². The summed E-state index contributed by atoms with van der Waals surface area (Å²) < 4.78 is 5.10. The number of nitrogens with zero attached hydrogens (tertiary/aromatic N) is 3. The fraction of sp³-hybridized carbons (Fsp3) is 0.444. The second kappa shape index (κ2) is 10.7. The zero-order valence-electron chi connectivity index (χ0n) is 13.9. The summed E-state index contributed by atoms with van der Waals surface area (Å²) in [6.45, 7) is 6.47. The Kier molecular flexibility index (Phi) is 8.84. The summed E-state index contributed by atoms with van der Waals surface area (Å²) in [7, 11) is 3.45. The molecule has 4 nitrogen and oxygen atoms in total. The molecule has 1 rings (SSSR count). The molecule has 0 heterocycles. The van der Waals surface area contributed by atoms with Gasteiger partial charge in [0.25, 0.3) is 0 Å².